The van der Waals surface area contributed by atoms with Crippen molar-refractivity contribution in [3.05, 3.63) is 12.2 Å². The van der Waals surface area contributed by atoms with E-state index in [0.717, 1.165) is 0 Å². The Balaban J connectivity index is 6.07. The van der Waals surface area contributed by atoms with Gasteiger partial charge in [-0.2, -0.15) is 65.9 Å². The van der Waals surface area contributed by atoms with Crippen LogP contribution in [0.5, 0.6) is 0 Å². The molecule has 0 aliphatic rings. The average molecular weight is 512 g/mol. The first-order valence-electron chi connectivity index (χ1n) is 7.12. The summed E-state index contributed by atoms with van der Waals surface area (Å²) in [6, 6.07) is 0. The number of carbonyl (C=O) groups is 2. The quantitative estimate of drug-likeness (QED) is 0.256. The minimum atomic E-state index is -8.45. The zero-order valence-electron chi connectivity index (χ0n) is 14.5. The smallest absolute Gasteiger partial charge is 0.460 e. The Morgan fingerprint density at radius 2 is 1.00 bits per heavy atom. The van der Waals surface area contributed by atoms with Crippen molar-refractivity contribution in [2.24, 2.45) is 0 Å². The van der Waals surface area contributed by atoms with Crippen LogP contribution < -0.4 is 0 Å². The third-order valence-electron chi connectivity index (χ3n) is 3.47. The lowest BCUT2D eigenvalue weighted by molar-refractivity contribution is -0.453. The first kappa shape index (κ1) is 29.6. The molecule has 0 saturated heterocycles. The largest absolute Gasteiger partial charge is 0.478 e. The maximum atomic E-state index is 13.4. The first-order valence-corrected chi connectivity index (χ1v) is 7.12. The van der Waals surface area contributed by atoms with E-state index in [1.165, 1.54) is 0 Å². The van der Waals surface area contributed by atoms with Crippen LogP contribution in [0.2, 0.25) is 0 Å². The molecular weight excluding hydrogens is 505 g/mol. The fourth-order valence-electron chi connectivity index (χ4n) is 1.56. The van der Waals surface area contributed by atoms with E-state index in [4.69, 9.17) is 5.11 Å². The molecule has 0 radical (unpaired) electrons. The first-order chi connectivity index (χ1) is 13.7. The van der Waals surface area contributed by atoms with Gasteiger partial charge in [-0.25, -0.2) is 4.79 Å². The maximum Gasteiger partial charge on any atom is 0.460 e. The average Bonchev–Trinajstić information content (AvgIpc) is 2.57. The number of esters is 1. The monoisotopic (exact) mass is 512 g/mol. The Morgan fingerprint density at radius 1 is 0.656 bits per heavy atom. The maximum absolute atomic E-state index is 13.4. The van der Waals surface area contributed by atoms with Gasteiger partial charge in [-0.15, -0.1) is 0 Å². The van der Waals surface area contributed by atoms with Crippen LogP contribution in [-0.2, 0) is 14.3 Å². The number of aliphatic carboxylic acids is 1. The second-order valence-corrected chi connectivity index (χ2v) is 5.82. The fourth-order valence-corrected chi connectivity index (χ4v) is 1.56. The second-order valence-electron chi connectivity index (χ2n) is 5.82. The standard InChI is InChI=1S/C13H7F15O4/c1-4(6(30)31)2-5(29)32-3-7(14,15)8(16,17)9(18,19)10(20,21)11(22,23)12(24,25)13(26,27)28/h1-3H2,(H,30,31). The van der Waals surface area contributed by atoms with E-state index in [2.05, 4.69) is 11.3 Å². The van der Waals surface area contributed by atoms with Crippen molar-refractivity contribution in [3.63, 3.8) is 0 Å². The van der Waals surface area contributed by atoms with Crippen molar-refractivity contribution in [2.75, 3.05) is 6.61 Å². The number of alkyl halides is 15. The number of carboxylic acid groups (broad SMARTS) is 1. The van der Waals surface area contributed by atoms with Gasteiger partial charge in [0.15, 0.2) is 6.61 Å². The van der Waals surface area contributed by atoms with Gasteiger partial charge in [0.25, 0.3) is 0 Å². The van der Waals surface area contributed by atoms with Gasteiger partial charge < -0.3 is 9.84 Å². The Bertz CT molecular complexity index is 753. The molecule has 0 heterocycles. The highest BCUT2D eigenvalue weighted by atomic mass is 19.4. The van der Waals surface area contributed by atoms with Crippen molar-refractivity contribution >= 4 is 11.9 Å². The number of carbonyl (C=O) groups excluding carboxylic acids is 1. The molecule has 0 aromatic carbocycles. The molecule has 0 bridgehead atoms. The normalized spacial score (nSPS) is 14.8. The molecule has 0 atom stereocenters. The lowest BCUT2D eigenvalue weighted by Gasteiger charge is -2.41. The van der Waals surface area contributed by atoms with E-state index < -0.39 is 72.3 Å². The number of ether oxygens (including phenoxy) is 1. The van der Waals surface area contributed by atoms with Gasteiger partial charge in [0.05, 0.1) is 6.42 Å². The van der Waals surface area contributed by atoms with E-state index in [1.54, 1.807) is 0 Å². The molecule has 0 amide bonds. The Hall–Kier alpha value is -2.37. The molecule has 0 aliphatic heterocycles. The Labute approximate surface area is 165 Å². The molecule has 0 aliphatic carbocycles. The van der Waals surface area contributed by atoms with Crippen molar-refractivity contribution < 1.29 is 85.3 Å². The van der Waals surface area contributed by atoms with Crippen LogP contribution >= 0.6 is 0 Å². The zero-order valence-corrected chi connectivity index (χ0v) is 14.5. The topological polar surface area (TPSA) is 63.6 Å². The van der Waals surface area contributed by atoms with E-state index in [9.17, 15) is 75.4 Å². The summed E-state index contributed by atoms with van der Waals surface area (Å²) in [5, 5.41) is 8.31. The van der Waals surface area contributed by atoms with E-state index in [1.807, 2.05) is 0 Å². The predicted octanol–water partition coefficient (Wildman–Crippen LogP) is 4.93. The summed E-state index contributed by atoms with van der Waals surface area (Å²) in [6.07, 6.45) is -9.27. The lowest BCUT2D eigenvalue weighted by Crippen LogP contribution is -2.73. The van der Waals surface area contributed by atoms with Gasteiger partial charge in [0, 0.05) is 5.57 Å². The van der Waals surface area contributed by atoms with Gasteiger partial charge in [-0.3, -0.25) is 4.79 Å². The summed E-state index contributed by atoms with van der Waals surface area (Å²) < 4.78 is 197. The molecule has 0 fully saturated rings. The van der Waals surface area contributed by atoms with Gasteiger partial charge in [0.1, 0.15) is 0 Å². The van der Waals surface area contributed by atoms with Crippen molar-refractivity contribution in [1.82, 2.24) is 0 Å². The van der Waals surface area contributed by atoms with Crippen LogP contribution in [0.3, 0.4) is 0 Å². The molecule has 0 aromatic heterocycles. The molecule has 19 heteroatoms. The third-order valence-corrected chi connectivity index (χ3v) is 3.47. The zero-order chi connectivity index (χ0) is 26.4. The molecule has 32 heavy (non-hydrogen) atoms. The van der Waals surface area contributed by atoms with E-state index >= 15 is 0 Å². The summed E-state index contributed by atoms with van der Waals surface area (Å²) in [4.78, 5) is 21.3. The van der Waals surface area contributed by atoms with Gasteiger partial charge >= 0.3 is 53.7 Å². The summed E-state index contributed by atoms with van der Waals surface area (Å²) in [6.45, 7) is -0.707. The van der Waals surface area contributed by atoms with Crippen LogP contribution in [0, 0.1) is 0 Å². The Kier molecular flexibility index (Phi) is 7.59. The van der Waals surface area contributed by atoms with Crippen LogP contribution in [0.4, 0.5) is 65.9 Å². The van der Waals surface area contributed by atoms with Crippen LogP contribution in [0.25, 0.3) is 0 Å². The number of carboxylic acids is 1. The van der Waals surface area contributed by atoms with Crippen LogP contribution in [0.15, 0.2) is 12.2 Å². The highest BCUT2D eigenvalue weighted by Crippen LogP contribution is 2.62. The van der Waals surface area contributed by atoms with Gasteiger partial charge in [-0.05, 0) is 0 Å². The molecule has 4 nitrogen and oxygen atoms in total. The van der Waals surface area contributed by atoms with Crippen molar-refractivity contribution in [1.29, 1.82) is 0 Å². The highest BCUT2D eigenvalue weighted by Gasteiger charge is 2.93. The van der Waals surface area contributed by atoms with E-state index in [-0.39, 0.29) is 0 Å². The van der Waals surface area contributed by atoms with Gasteiger partial charge in [-0.1, -0.05) is 6.58 Å². The molecule has 1 N–H and O–H groups in total. The predicted molar refractivity (Wildman–Crippen MR) is 68.1 cm³/mol. The summed E-state index contributed by atoms with van der Waals surface area (Å²) >= 11 is 0. The SMILES string of the molecule is C=C(CC(=O)OCC(F)(F)C(F)(F)C(F)(F)C(F)(F)C(F)(F)C(F)(F)C(F)(F)F)C(=O)O. The number of hydrogen-bond donors (Lipinski definition) is 1. The number of hydrogen-bond acceptors (Lipinski definition) is 3. The molecule has 0 unspecified atom stereocenters. The van der Waals surface area contributed by atoms with Gasteiger partial charge in [0.2, 0.25) is 0 Å². The molecular formula is C13H7F15O4. The minimum Gasteiger partial charge on any atom is -0.478 e. The molecule has 0 saturated carbocycles. The van der Waals surface area contributed by atoms with Crippen LogP contribution in [-0.4, -0.2) is 65.4 Å². The molecule has 0 rings (SSSR count). The lowest BCUT2D eigenvalue weighted by atomic mass is 9.91. The Morgan fingerprint density at radius 3 is 1.34 bits per heavy atom. The second kappa shape index (κ2) is 8.20. The summed E-state index contributed by atoms with van der Waals surface area (Å²) in [7, 11) is 0. The molecule has 188 valence electrons. The molecule has 0 aromatic rings. The van der Waals surface area contributed by atoms with Crippen molar-refractivity contribution in [2.45, 2.75) is 48.1 Å². The third kappa shape index (κ3) is 4.55. The fraction of sp³-hybridized carbons (Fsp3) is 0.692. The molecule has 0 spiro atoms. The van der Waals surface area contributed by atoms with Crippen LogP contribution in [0.1, 0.15) is 6.42 Å². The summed E-state index contributed by atoms with van der Waals surface area (Å²) in [5.41, 5.74) is -1.14. The minimum absolute atomic E-state index is 1.14. The highest BCUT2D eigenvalue weighted by molar-refractivity contribution is 5.91. The number of halogens is 15. The van der Waals surface area contributed by atoms with E-state index in [0.29, 0.717) is 0 Å². The number of rotatable bonds is 10. The van der Waals surface area contributed by atoms with Crippen molar-refractivity contribution in [3.8, 4) is 0 Å². The summed E-state index contributed by atoms with van der Waals surface area (Å²) in [5.74, 6) is -52.0.